The van der Waals surface area contributed by atoms with Gasteiger partial charge in [-0.05, 0) is 20.8 Å². The fourth-order valence-electron chi connectivity index (χ4n) is 1.15. The van der Waals surface area contributed by atoms with Gasteiger partial charge in [0.25, 0.3) is 0 Å². The van der Waals surface area contributed by atoms with E-state index in [2.05, 4.69) is 4.98 Å². The Kier molecular flexibility index (Phi) is 6.07. The second-order valence-corrected chi connectivity index (χ2v) is 6.31. The summed E-state index contributed by atoms with van der Waals surface area (Å²) < 4.78 is 5.95. The lowest BCUT2D eigenvalue weighted by Crippen LogP contribution is -2.20. The number of aliphatic hydroxyl groups excluding tert-OH is 1. The molecule has 2 N–H and O–H groups in total. The third kappa shape index (κ3) is 4.93. The van der Waals surface area contributed by atoms with Crippen molar-refractivity contribution >= 4 is 29.1 Å². The highest BCUT2D eigenvalue weighted by molar-refractivity contribution is 8.01. The maximum atomic E-state index is 10.8. The van der Waals surface area contributed by atoms with E-state index >= 15 is 0 Å². The topological polar surface area (TPSA) is 79.7 Å². The van der Waals surface area contributed by atoms with E-state index in [0.717, 1.165) is 11.3 Å². The molecule has 0 aliphatic rings. The van der Waals surface area contributed by atoms with Crippen molar-refractivity contribution in [3.05, 3.63) is 10.6 Å². The minimum atomic E-state index is -0.958. The number of aliphatic hydroxyl groups is 1. The number of nitrogens with zero attached hydrogens (tertiary/aromatic N) is 1. The van der Waals surface area contributed by atoms with E-state index in [-0.39, 0.29) is 17.6 Å². The molecule has 0 spiro atoms. The molecule has 7 heteroatoms. The number of thiazole rings is 1. The summed E-state index contributed by atoms with van der Waals surface area (Å²) in [5.74, 6) is -0.515. The molecule has 0 amide bonds. The molecule has 1 aromatic rings. The van der Waals surface area contributed by atoms with E-state index in [9.17, 15) is 9.90 Å². The van der Waals surface area contributed by atoms with E-state index in [1.165, 1.54) is 11.8 Å². The Hall–Kier alpha value is -0.630. The van der Waals surface area contributed by atoms with Crippen LogP contribution in [0.25, 0.3) is 0 Å². The Balaban J connectivity index is 2.43. The number of carbonyl (C=O) groups is 1. The molecule has 102 valence electrons. The van der Waals surface area contributed by atoms with Crippen molar-refractivity contribution in [3.8, 4) is 0 Å². The fourth-order valence-corrected chi connectivity index (χ4v) is 3.11. The molecule has 1 aromatic heterocycles. The largest absolute Gasteiger partial charge is 0.477 e. The summed E-state index contributed by atoms with van der Waals surface area (Å²) in [6.07, 6.45) is -0.486. The van der Waals surface area contributed by atoms with Crippen LogP contribution in [-0.4, -0.2) is 45.7 Å². The standard InChI is InChI=1S/C11H17NO4S2/c1-6(2)16-4-8(13)5-17-11-12-7(3)9(18-11)10(14)15/h6,8,13H,4-5H2,1-3H3,(H,14,15). The highest BCUT2D eigenvalue weighted by Crippen LogP contribution is 2.27. The molecular weight excluding hydrogens is 274 g/mol. The van der Waals surface area contributed by atoms with Gasteiger partial charge >= 0.3 is 5.97 Å². The van der Waals surface area contributed by atoms with Gasteiger partial charge in [-0.3, -0.25) is 0 Å². The Bertz CT molecular complexity index is 406. The van der Waals surface area contributed by atoms with E-state index in [0.29, 0.717) is 15.8 Å². The van der Waals surface area contributed by atoms with Crippen molar-refractivity contribution in [1.29, 1.82) is 0 Å². The van der Waals surface area contributed by atoms with Gasteiger partial charge in [-0.1, -0.05) is 11.8 Å². The van der Waals surface area contributed by atoms with Crippen LogP contribution in [0.5, 0.6) is 0 Å². The van der Waals surface area contributed by atoms with Gasteiger partial charge in [0.05, 0.1) is 24.5 Å². The number of hydrogen-bond acceptors (Lipinski definition) is 6. The maximum absolute atomic E-state index is 10.8. The van der Waals surface area contributed by atoms with Gasteiger partial charge in [0.2, 0.25) is 0 Å². The SMILES string of the molecule is Cc1nc(SCC(O)COC(C)C)sc1C(=O)O. The van der Waals surface area contributed by atoms with Gasteiger partial charge in [0, 0.05) is 5.75 Å². The quantitative estimate of drug-likeness (QED) is 0.748. The van der Waals surface area contributed by atoms with Crippen molar-refractivity contribution in [2.24, 2.45) is 0 Å². The number of rotatable bonds is 7. The fraction of sp³-hybridized carbons (Fsp3) is 0.636. The first-order chi connectivity index (χ1) is 8.40. The lowest BCUT2D eigenvalue weighted by Gasteiger charge is -2.12. The lowest BCUT2D eigenvalue weighted by atomic mass is 10.4. The van der Waals surface area contributed by atoms with Crippen molar-refractivity contribution in [1.82, 2.24) is 4.98 Å². The van der Waals surface area contributed by atoms with Crippen molar-refractivity contribution in [3.63, 3.8) is 0 Å². The van der Waals surface area contributed by atoms with Crippen LogP contribution in [0.1, 0.15) is 29.2 Å². The molecule has 1 unspecified atom stereocenters. The average molecular weight is 291 g/mol. The minimum Gasteiger partial charge on any atom is -0.477 e. The molecule has 0 aromatic carbocycles. The van der Waals surface area contributed by atoms with Crippen LogP contribution in [0.3, 0.4) is 0 Å². The van der Waals surface area contributed by atoms with Crippen molar-refractivity contribution in [2.75, 3.05) is 12.4 Å². The first-order valence-electron chi connectivity index (χ1n) is 5.53. The predicted molar refractivity (Wildman–Crippen MR) is 71.6 cm³/mol. The normalized spacial score (nSPS) is 12.9. The first-order valence-corrected chi connectivity index (χ1v) is 7.33. The second-order valence-electron chi connectivity index (χ2n) is 4.05. The number of aromatic carboxylic acids is 1. The van der Waals surface area contributed by atoms with Crippen LogP contribution in [0.4, 0.5) is 0 Å². The predicted octanol–water partition coefficient (Wildman–Crippen LogP) is 2.03. The van der Waals surface area contributed by atoms with E-state index < -0.39 is 12.1 Å². The number of aryl methyl sites for hydroxylation is 1. The third-order valence-corrected chi connectivity index (χ3v) is 4.43. The molecule has 0 saturated heterocycles. The zero-order chi connectivity index (χ0) is 13.7. The Morgan fingerprint density at radius 2 is 2.22 bits per heavy atom. The number of ether oxygens (including phenoxy) is 1. The molecule has 0 bridgehead atoms. The summed E-state index contributed by atoms with van der Waals surface area (Å²) >= 11 is 2.48. The van der Waals surface area contributed by atoms with Gasteiger partial charge in [0.15, 0.2) is 4.34 Å². The monoisotopic (exact) mass is 291 g/mol. The summed E-state index contributed by atoms with van der Waals surface area (Å²) in [6.45, 7) is 5.76. The Labute approximate surface area is 114 Å². The van der Waals surface area contributed by atoms with Crippen LogP contribution in [-0.2, 0) is 4.74 Å². The molecule has 1 heterocycles. The van der Waals surface area contributed by atoms with Gasteiger partial charge in [0.1, 0.15) is 4.88 Å². The number of thioether (sulfide) groups is 1. The molecule has 1 atom stereocenters. The molecule has 0 aliphatic carbocycles. The summed E-state index contributed by atoms with van der Waals surface area (Å²) in [6, 6.07) is 0. The summed E-state index contributed by atoms with van der Waals surface area (Å²) in [7, 11) is 0. The van der Waals surface area contributed by atoms with Crippen molar-refractivity contribution < 1.29 is 19.7 Å². The maximum Gasteiger partial charge on any atom is 0.347 e. The molecule has 0 radical (unpaired) electrons. The van der Waals surface area contributed by atoms with Gasteiger partial charge < -0.3 is 14.9 Å². The van der Waals surface area contributed by atoms with Crippen LogP contribution < -0.4 is 0 Å². The number of carboxylic acid groups (broad SMARTS) is 1. The zero-order valence-corrected chi connectivity index (χ0v) is 12.2. The molecule has 0 fully saturated rings. The second kappa shape index (κ2) is 7.08. The number of carboxylic acids is 1. The lowest BCUT2D eigenvalue weighted by molar-refractivity contribution is 0.0152. The Morgan fingerprint density at radius 3 is 2.72 bits per heavy atom. The molecule has 0 aliphatic heterocycles. The third-order valence-electron chi connectivity index (χ3n) is 1.99. The number of aromatic nitrogens is 1. The summed E-state index contributed by atoms with van der Waals surface area (Å²) in [4.78, 5) is 15.2. The molecule has 0 saturated carbocycles. The van der Waals surface area contributed by atoms with Crippen LogP contribution in [0, 0.1) is 6.92 Å². The molecule has 1 rings (SSSR count). The first kappa shape index (κ1) is 15.4. The van der Waals surface area contributed by atoms with Crippen LogP contribution in [0.2, 0.25) is 0 Å². The highest BCUT2D eigenvalue weighted by Gasteiger charge is 2.15. The van der Waals surface area contributed by atoms with E-state index in [1.807, 2.05) is 13.8 Å². The van der Waals surface area contributed by atoms with Gasteiger partial charge in [-0.15, -0.1) is 11.3 Å². The summed E-state index contributed by atoms with van der Waals surface area (Å²) in [5.41, 5.74) is 0.517. The van der Waals surface area contributed by atoms with Gasteiger partial charge in [-0.2, -0.15) is 0 Å². The van der Waals surface area contributed by atoms with E-state index in [4.69, 9.17) is 9.84 Å². The smallest absolute Gasteiger partial charge is 0.347 e. The molecule has 5 nitrogen and oxygen atoms in total. The molecular formula is C11H17NO4S2. The minimum absolute atomic E-state index is 0.0883. The highest BCUT2D eigenvalue weighted by atomic mass is 32.2. The van der Waals surface area contributed by atoms with Crippen LogP contribution >= 0.6 is 23.1 Å². The van der Waals surface area contributed by atoms with Crippen molar-refractivity contribution in [2.45, 2.75) is 37.3 Å². The zero-order valence-electron chi connectivity index (χ0n) is 10.5. The average Bonchev–Trinajstić information content (AvgIpc) is 2.65. The van der Waals surface area contributed by atoms with Gasteiger partial charge in [-0.25, -0.2) is 9.78 Å². The number of hydrogen-bond donors (Lipinski definition) is 2. The molecule has 18 heavy (non-hydrogen) atoms. The summed E-state index contributed by atoms with van der Waals surface area (Å²) in [5, 5.41) is 18.6. The Morgan fingerprint density at radius 1 is 1.56 bits per heavy atom. The van der Waals surface area contributed by atoms with E-state index in [1.54, 1.807) is 6.92 Å². The van der Waals surface area contributed by atoms with Crippen LogP contribution in [0.15, 0.2) is 4.34 Å².